The minimum atomic E-state index is -1.12. The minimum absolute atomic E-state index is 0.0493. The van der Waals surface area contributed by atoms with Gasteiger partial charge in [0, 0.05) is 11.4 Å². The summed E-state index contributed by atoms with van der Waals surface area (Å²) in [6.45, 7) is 2.41. The number of carbonyl (C=O) groups is 2. The molecule has 2 unspecified atom stereocenters. The second-order valence-corrected chi connectivity index (χ2v) is 6.67. The van der Waals surface area contributed by atoms with Gasteiger partial charge in [0.05, 0.1) is 0 Å². The molecule has 5 nitrogen and oxygen atoms in total. The summed E-state index contributed by atoms with van der Waals surface area (Å²) in [5.41, 5.74) is -1.12. The molecule has 2 rings (SSSR count). The van der Waals surface area contributed by atoms with Crippen LogP contribution in [0.25, 0.3) is 0 Å². The monoisotopic (exact) mass is 310 g/mol. The number of carboxylic acid groups (broad SMARTS) is 1. The Morgan fingerprint density at radius 1 is 1.48 bits per heavy atom. The van der Waals surface area contributed by atoms with E-state index in [1.54, 1.807) is 11.3 Å². The zero-order chi connectivity index (χ0) is 15.3. The van der Waals surface area contributed by atoms with Crippen molar-refractivity contribution in [2.24, 2.45) is 5.92 Å². The van der Waals surface area contributed by atoms with Gasteiger partial charge in [-0.15, -0.1) is 11.3 Å². The van der Waals surface area contributed by atoms with Crippen LogP contribution in [0.15, 0.2) is 17.5 Å². The summed E-state index contributed by atoms with van der Waals surface area (Å²) < 4.78 is 0. The number of thiophene rings is 1. The van der Waals surface area contributed by atoms with Crippen molar-refractivity contribution in [2.75, 3.05) is 6.54 Å². The van der Waals surface area contributed by atoms with Gasteiger partial charge in [0.1, 0.15) is 5.54 Å². The summed E-state index contributed by atoms with van der Waals surface area (Å²) in [4.78, 5) is 24.9. The lowest BCUT2D eigenvalue weighted by Gasteiger charge is -2.39. The zero-order valence-corrected chi connectivity index (χ0v) is 13.0. The standard InChI is InChI=1S/C15H22N2O3S/c1-11-5-2-3-8-15(11,13(18)19)17-14(20)16-9-7-12-6-4-10-21-12/h4,6,10-11H,2-3,5,7-9H2,1H3,(H,18,19)(H2,16,17,20). The lowest BCUT2D eigenvalue weighted by atomic mass is 9.73. The average molecular weight is 310 g/mol. The fraction of sp³-hybridized carbons (Fsp3) is 0.600. The molecule has 0 radical (unpaired) electrons. The van der Waals surface area contributed by atoms with Gasteiger partial charge in [0.25, 0.3) is 0 Å². The molecule has 1 aliphatic carbocycles. The molecular formula is C15H22N2O3S. The quantitative estimate of drug-likeness (QED) is 0.782. The molecule has 116 valence electrons. The van der Waals surface area contributed by atoms with Crippen LogP contribution in [0.2, 0.25) is 0 Å². The molecule has 1 aromatic rings. The van der Waals surface area contributed by atoms with Crippen LogP contribution in [0.4, 0.5) is 4.79 Å². The van der Waals surface area contributed by atoms with E-state index in [2.05, 4.69) is 10.6 Å². The Balaban J connectivity index is 1.88. The predicted molar refractivity (Wildman–Crippen MR) is 82.6 cm³/mol. The predicted octanol–water partition coefficient (Wildman–Crippen LogP) is 2.62. The van der Waals surface area contributed by atoms with E-state index in [4.69, 9.17) is 0 Å². The van der Waals surface area contributed by atoms with E-state index in [0.29, 0.717) is 13.0 Å². The molecular weight excluding hydrogens is 288 g/mol. The highest BCUT2D eigenvalue weighted by Crippen LogP contribution is 2.33. The van der Waals surface area contributed by atoms with Crippen molar-refractivity contribution < 1.29 is 14.7 Å². The van der Waals surface area contributed by atoms with Gasteiger partial charge in [0.15, 0.2) is 0 Å². The molecule has 2 atom stereocenters. The molecule has 0 saturated heterocycles. The Morgan fingerprint density at radius 2 is 2.29 bits per heavy atom. The summed E-state index contributed by atoms with van der Waals surface area (Å²) in [7, 11) is 0. The van der Waals surface area contributed by atoms with Crippen LogP contribution in [0, 0.1) is 5.92 Å². The molecule has 2 amide bonds. The molecule has 1 aliphatic rings. The van der Waals surface area contributed by atoms with Gasteiger partial charge in [-0.05, 0) is 36.6 Å². The second kappa shape index (κ2) is 6.93. The summed E-state index contributed by atoms with van der Waals surface area (Å²) in [6, 6.07) is 3.61. The molecule has 1 saturated carbocycles. The van der Waals surface area contributed by atoms with E-state index in [9.17, 15) is 14.7 Å². The van der Waals surface area contributed by atoms with Crippen molar-refractivity contribution >= 4 is 23.3 Å². The van der Waals surface area contributed by atoms with Gasteiger partial charge in [-0.1, -0.05) is 25.8 Å². The fourth-order valence-electron chi connectivity index (χ4n) is 2.90. The number of hydrogen-bond acceptors (Lipinski definition) is 3. The first-order valence-corrected chi connectivity index (χ1v) is 8.24. The van der Waals surface area contributed by atoms with Crippen molar-refractivity contribution in [2.45, 2.75) is 44.6 Å². The minimum Gasteiger partial charge on any atom is -0.479 e. The molecule has 0 bridgehead atoms. The van der Waals surface area contributed by atoms with E-state index in [1.165, 1.54) is 4.88 Å². The normalized spacial score (nSPS) is 25.3. The molecule has 0 aromatic carbocycles. The van der Waals surface area contributed by atoms with Crippen LogP contribution >= 0.6 is 11.3 Å². The van der Waals surface area contributed by atoms with E-state index < -0.39 is 11.5 Å². The van der Waals surface area contributed by atoms with Crippen LogP contribution < -0.4 is 10.6 Å². The van der Waals surface area contributed by atoms with Gasteiger partial charge in [-0.2, -0.15) is 0 Å². The third kappa shape index (κ3) is 3.75. The molecule has 1 aromatic heterocycles. The average Bonchev–Trinajstić information content (AvgIpc) is 2.94. The molecule has 1 heterocycles. The molecule has 21 heavy (non-hydrogen) atoms. The maximum Gasteiger partial charge on any atom is 0.329 e. The Morgan fingerprint density at radius 3 is 2.90 bits per heavy atom. The summed E-state index contributed by atoms with van der Waals surface area (Å²) in [6.07, 6.45) is 3.97. The topological polar surface area (TPSA) is 78.4 Å². The molecule has 0 aliphatic heterocycles. The van der Waals surface area contributed by atoms with Gasteiger partial charge in [0.2, 0.25) is 0 Å². The Hall–Kier alpha value is -1.56. The van der Waals surface area contributed by atoms with Crippen LogP contribution in [0.1, 0.15) is 37.5 Å². The number of carboxylic acids is 1. The van der Waals surface area contributed by atoms with Crippen LogP contribution in [-0.4, -0.2) is 29.2 Å². The summed E-state index contributed by atoms with van der Waals surface area (Å²) in [5.74, 6) is -0.977. The zero-order valence-electron chi connectivity index (χ0n) is 12.2. The van der Waals surface area contributed by atoms with Gasteiger partial charge >= 0.3 is 12.0 Å². The van der Waals surface area contributed by atoms with E-state index in [-0.39, 0.29) is 11.9 Å². The van der Waals surface area contributed by atoms with E-state index in [0.717, 1.165) is 25.7 Å². The van der Waals surface area contributed by atoms with Crippen molar-refractivity contribution in [1.82, 2.24) is 10.6 Å². The Bertz CT molecular complexity index is 489. The van der Waals surface area contributed by atoms with Crippen LogP contribution in [-0.2, 0) is 11.2 Å². The fourth-order valence-corrected chi connectivity index (χ4v) is 3.61. The van der Waals surface area contributed by atoms with Gasteiger partial charge in [-0.25, -0.2) is 9.59 Å². The summed E-state index contributed by atoms with van der Waals surface area (Å²) in [5, 5.41) is 17.0. The number of hydrogen-bond donors (Lipinski definition) is 3. The number of aliphatic carboxylic acids is 1. The smallest absolute Gasteiger partial charge is 0.329 e. The first-order chi connectivity index (χ1) is 10.0. The van der Waals surface area contributed by atoms with Crippen molar-refractivity contribution in [3.8, 4) is 0 Å². The van der Waals surface area contributed by atoms with E-state index >= 15 is 0 Å². The SMILES string of the molecule is CC1CCCCC1(NC(=O)NCCc1cccs1)C(=O)O. The Labute approximate surface area is 128 Å². The maximum absolute atomic E-state index is 12.0. The van der Waals surface area contributed by atoms with Crippen LogP contribution in [0.5, 0.6) is 0 Å². The first kappa shape index (κ1) is 15.8. The van der Waals surface area contributed by atoms with Gasteiger partial charge < -0.3 is 15.7 Å². The van der Waals surface area contributed by atoms with Crippen LogP contribution in [0.3, 0.4) is 0 Å². The number of carbonyl (C=O) groups excluding carboxylic acids is 1. The second-order valence-electron chi connectivity index (χ2n) is 5.63. The summed E-state index contributed by atoms with van der Waals surface area (Å²) >= 11 is 1.65. The largest absolute Gasteiger partial charge is 0.479 e. The van der Waals surface area contributed by atoms with Gasteiger partial charge in [-0.3, -0.25) is 0 Å². The highest BCUT2D eigenvalue weighted by Gasteiger charge is 2.46. The van der Waals surface area contributed by atoms with E-state index in [1.807, 2.05) is 24.4 Å². The van der Waals surface area contributed by atoms with Crippen molar-refractivity contribution in [1.29, 1.82) is 0 Å². The lowest BCUT2D eigenvalue weighted by Crippen LogP contribution is -2.62. The Kier molecular flexibility index (Phi) is 5.22. The highest BCUT2D eigenvalue weighted by atomic mass is 32.1. The number of nitrogens with one attached hydrogen (secondary N) is 2. The third-order valence-corrected chi connectivity index (χ3v) is 5.19. The third-order valence-electron chi connectivity index (χ3n) is 4.25. The molecule has 0 spiro atoms. The highest BCUT2D eigenvalue weighted by molar-refractivity contribution is 7.09. The maximum atomic E-state index is 12.0. The van der Waals surface area contributed by atoms with Crippen molar-refractivity contribution in [3.63, 3.8) is 0 Å². The molecule has 1 fully saturated rings. The lowest BCUT2D eigenvalue weighted by molar-refractivity contribution is -0.148. The number of urea groups is 1. The first-order valence-electron chi connectivity index (χ1n) is 7.36. The number of rotatable bonds is 5. The molecule has 6 heteroatoms. The van der Waals surface area contributed by atoms with Crippen molar-refractivity contribution in [3.05, 3.63) is 22.4 Å². The number of amides is 2. The molecule has 3 N–H and O–H groups in total.